The Bertz CT molecular complexity index is 226. The molecule has 2 atom stereocenters. The minimum Gasteiger partial charge on any atom is -0.381 e. The molecule has 96 valence electrons. The van der Waals surface area contributed by atoms with Crippen LogP contribution in [0, 0.1) is 5.41 Å². The quantitative estimate of drug-likeness (QED) is 0.727. The Kier molecular flexibility index (Phi) is 4.38. The molecular weight excluding hydrogens is 200 g/mol. The fourth-order valence-corrected chi connectivity index (χ4v) is 2.55. The van der Waals surface area contributed by atoms with Crippen molar-refractivity contribution in [3.05, 3.63) is 0 Å². The highest BCUT2D eigenvalue weighted by atomic mass is 16.5. The second-order valence-corrected chi connectivity index (χ2v) is 6.13. The molecule has 0 heterocycles. The van der Waals surface area contributed by atoms with Gasteiger partial charge in [0.15, 0.2) is 0 Å². The van der Waals surface area contributed by atoms with Gasteiger partial charge < -0.3 is 15.4 Å². The summed E-state index contributed by atoms with van der Waals surface area (Å²) in [6, 6.07) is 0.579. The highest BCUT2D eigenvalue weighted by Gasteiger charge is 2.48. The summed E-state index contributed by atoms with van der Waals surface area (Å²) in [7, 11) is 1.81. The van der Waals surface area contributed by atoms with Crippen LogP contribution in [-0.4, -0.2) is 37.9 Å². The molecule has 1 saturated carbocycles. The van der Waals surface area contributed by atoms with Crippen molar-refractivity contribution in [1.82, 2.24) is 10.6 Å². The standard InChI is InChI=1S/C13H28N2O/c1-7-15-12(2,3)9-14-10-8-11(16-6)13(10,4)5/h10-11,14-15H,7-9H2,1-6H3. The fourth-order valence-electron chi connectivity index (χ4n) is 2.55. The summed E-state index contributed by atoms with van der Waals surface area (Å²) in [5, 5.41) is 7.14. The van der Waals surface area contributed by atoms with Crippen molar-refractivity contribution >= 4 is 0 Å². The first kappa shape index (κ1) is 13.9. The van der Waals surface area contributed by atoms with E-state index in [1.807, 2.05) is 7.11 Å². The third kappa shape index (κ3) is 2.96. The second kappa shape index (κ2) is 5.03. The van der Waals surface area contributed by atoms with Crippen LogP contribution in [-0.2, 0) is 4.74 Å². The third-order valence-corrected chi connectivity index (χ3v) is 3.91. The summed E-state index contributed by atoms with van der Waals surface area (Å²) in [6.45, 7) is 13.2. The maximum atomic E-state index is 5.46. The van der Waals surface area contributed by atoms with Crippen LogP contribution in [0.3, 0.4) is 0 Å². The van der Waals surface area contributed by atoms with Gasteiger partial charge in [-0.25, -0.2) is 0 Å². The zero-order valence-electron chi connectivity index (χ0n) is 11.7. The second-order valence-electron chi connectivity index (χ2n) is 6.13. The van der Waals surface area contributed by atoms with Gasteiger partial charge in [-0.2, -0.15) is 0 Å². The van der Waals surface area contributed by atoms with Crippen LogP contribution in [0.2, 0.25) is 0 Å². The van der Waals surface area contributed by atoms with Gasteiger partial charge in [-0.05, 0) is 26.8 Å². The van der Waals surface area contributed by atoms with Gasteiger partial charge in [-0.3, -0.25) is 0 Å². The van der Waals surface area contributed by atoms with Crippen molar-refractivity contribution < 1.29 is 4.74 Å². The van der Waals surface area contributed by atoms with E-state index < -0.39 is 0 Å². The minimum atomic E-state index is 0.170. The highest BCUT2D eigenvalue weighted by Crippen LogP contribution is 2.42. The van der Waals surface area contributed by atoms with E-state index in [1.54, 1.807) is 0 Å². The van der Waals surface area contributed by atoms with E-state index in [2.05, 4.69) is 45.3 Å². The summed E-state index contributed by atoms with van der Waals surface area (Å²) < 4.78 is 5.46. The lowest BCUT2D eigenvalue weighted by molar-refractivity contribution is -0.0983. The van der Waals surface area contributed by atoms with Gasteiger partial charge in [0.05, 0.1) is 6.10 Å². The number of ether oxygens (including phenoxy) is 1. The lowest BCUT2D eigenvalue weighted by atomic mass is 9.64. The van der Waals surface area contributed by atoms with E-state index in [1.165, 1.54) is 0 Å². The molecule has 3 nitrogen and oxygen atoms in total. The third-order valence-electron chi connectivity index (χ3n) is 3.91. The van der Waals surface area contributed by atoms with Gasteiger partial charge in [0.25, 0.3) is 0 Å². The molecule has 0 aromatic rings. The summed E-state index contributed by atoms with van der Waals surface area (Å²) in [5.41, 5.74) is 0.431. The monoisotopic (exact) mass is 228 g/mol. The molecule has 16 heavy (non-hydrogen) atoms. The van der Waals surface area contributed by atoms with Crippen LogP contribution in [0.1, 0.15) is 41.0 Å². The van der Waals surface area contributed by atoms with Gasteiger partial charge in [-0.1, -0.05) is 20.8 Å². The topological polar surface area (TPSA) is 33.3 Å². The molecule has 2 unspecified atom stereocenters. The predicted molar refractivity (Wildman–Crippen MR) is 68.7 cm³/mol. The molecule has 0 bridgehead atoms. The number of nitrogens with one attached hydrogen (secondary N) is 2. The van der Waals surface area contributed by atoms with E-state index in [-0.39, 0.29) is 11.0 Å². The number of rotatable bonds is 6. The summed E-state index contributed by atoms with van der Waals surface area (Å²) in [5.74, 6) is 0. The molecule has 0 aromatic carbocycles. The Balaban J connectivity index is 2.35. The normalized spacial score (nSPS) is 28.9. The smallest absolute Gasteiger partial charge is 0.0652 e. The van der Waals surface area contributed by atoms with Crippen molar-refractivity contribution in [2.24, 2.45) is 5.41 Å². The van der Waals surface area contributed by atoms with Crippen LogP contribution in [0.25, 0.3) is 0 Å². The summed E-state index contributed by atoms with van der Waals surface area (Å²) >= 11 is 0. The Hall–Kier alpha value is -0.120. The van der Waals surface area contributed by atoms with Crippen LogP contribution in [0.4, 0.5) is 0 Å². The molecule has 1 aliphatic carbocycles. The Morgan fingerprint density at radius 3 is 2.44 bits per heavy atom. The van der Waals surface area contributed by atoms with Crippen molar-refractivity contribution in [1.29, 1.82) is 0 Å². The van der Waals surface area contributed by atoms with E-state index in [4.69, 9.17) is 4.74 Å². The maximum Gasteiger partial charge on any atom is 0.0652 e. The van der Waals surface area contributed by atoms with Gasteiger partial charge in [0.2, 0.25) is 0 Å². The number of hydrogen-bond donors (Lipinski definition) is 2. The van der Waals surface area contributed by atoms with Crippen molar-refractivity contribution in [3.63, 3.8) is 0 Å². The first-order chi connectivity index (χ1) is 7.33. The lowest BCUT2D eigenvalue weighted by Gasteiger charge is -2.52. The Morgan fingerprint density at radius 1 is 1.38 bits per heavy atom. The first-order valence-corrected chi connectivity index (χ1v) is 6.34. The molecular formula is C13H28N2O. The van der Waals surface area contributed by atoms with Crippen LogP contribution in [0.5, 0.6) is 0 Å². The minimum absolute atomic E-state index is 0.170. The Morgan fingerprint density at radius 2 is 2.00 bits per heavy atom. The van der Waals surface area contributed by atoms with E-state index in [9.17, 15) is 0 Å². The largest absolute Gasteiger partial charge is 0.381 e. The van der Waals surface area contributed by atoms with Crippen LogP contribution < -0.4 is 10.6 Å². The van der Waals surface area contributed by atoms with E-state index in [0.717, 1.165) is 19.5 Å². The van der Waals surface area contributed by atoms with Gasteiger partial charge in [0, 0.05) is 30.7 Å². The van der Waals surface area contributed by atoms with Crippen molar-refractivity contribution in [2.75, 3.05) is 20.2 Å². The fraction of sp³-hybridized carbons (Fsp3) is 1.00. The molecule has 0 radical (unpaired) electrons. The SMILES string of the molecule is CCNC(C)(C)CNC1CC(OC)C1(C)C. The van der Waals surface area contributed by atoms with Crippen LogP contribution >= 0.6 is 0 Å². The Labute approximate surface area is 100 Å². The molecule has 0 aromatic heterocycles. The van der Waals surface area contributed by atoms with E-state index >= 15 is 0 Å². The molecule has 3 heteroatoms. The highest BCUT2D eigenvalue weighted by molar-refractivity contribution is 5.03. The molecule has 1 fully saturated rings. The van der Waals surface area contributed by atoms with Crippen molar-refractivity contribution in [3.8, 4) is 0 Å². The molecule has 2 N–H and O–H groups in total. The molecule has 0 saturated heterocycles. The van der Waals surface area contributed by atoms with Crippen molar-refractivity contribution in [2.45, 2.75) is 58.7 Å². The van der Waals surface area contributed by atoms with Gasteiger partial charge >= 0.3 is 0 Å². The zero-order valence-corrected chi connectivity index (χ0v) is 11.7. The van der Waals surface area contributed by atoms with Gasteiger partial charge in [0.1, 0.15) is 0 Å². The van der Waals surface area contributed by atoms with Gasteiger partial charge in [-0.15, -0.1) is 0 Å². The summed E-state index contributed by atoms with van der Waals surface area (Å²) in [4.78, 5) is 0. The molecule has 0 aliphatic heterocycles. The zero-order chi connectivity index (χ0) is 12.4. The molecule has 1 rings (SSSR count). The average molecular weight is 228 g/mol. The molecule has 0 amide bonds. The molecule has 0 spiro atoms. The number of likely N-dealkylation sites (N-methyl/N-ethyl adjacent to an activating group) is 1. The maximum absolute atomic E-state index is 5.46. The van der Waals surface area contributed by atoms with E-state index in [0.29, 0.717) is 12.1 Å². The van der Waals surface area contributed by atoms with Crippen LogP contribution in [0.15, 0.2) is 0 Å². The molecule has 1 aliphatic rings. The lowest BCUT2D eigenvalue weighted by Crippen LogP contribution is -2.63. The summed E-state index contributed by atoms with van der Waals surface area (Å²) in [6.07, 6.45) is 1.54. The predicted octanol–water partition coefficient (Wildman–Crippen LogP) is 1.78. The number of hydrogen-bond acceptors (Lipinski definition) is 3. The first-order valence-electron chi connectivity index (χ1n) is 6.34. The average Bonchev–Trinajstić information content (AvgIpc) is 2.16. The number of methoxy groups -OCH3 is 1.